The van der Waals surface area contributed by atoms with Gasteiger partial charge in [0.25, 0.3) is 5.91 Å². The Balaban J connectivity index is 3.21. The van der Waals surface area contributed by atoms with E-state index in [0.717, 1.165) is 42.5 Å². The predicted molar refractivity (Wildman–Crippen MR) is 92.4 cm³/mol. The molecule has 0 bridgehead atoms. The number of nitriles is 1. The molecule has 0 spiro atoms. The highest BCUT2D eigenvalue weighted by atomic mass is 16.2. The van der Waals surface area contributed by atoms with Crippen molar-refractivity contribution in [2.24, 2.45) is 5.10 Å². The van der Waals surface area contributed by atoms with Crippen LogP contribution in [0.3, 0.4) is 0 Å². The molecule has 0 aromatic rings. The molecule has 0 aliphatic heterocycles. The van der Waals surface area contributed by atoms with Crippen molar-refractivity contribution in [2.75, 3.05) is 28.2 Å². The number of allylic oxidation sites excluding steroid dienone is 2. The summed E-state index contributed by atoms with van der Waals surface area (Å²) in [7, 11) is 7.92. The zero-order valence-electron chi connectivity index (χ0n) is 14.6. The number of nitrogens with zero attached hydrogens (tertiary/aromatic N) is 4. The van der Waals surface area contributed by atoms with Crippen LogP contribution in [0.5, 0.6) is 0 Å². The van der Waals surface area contributed by atoms with E-state index in [0.29, 0.717) is 0 Å². The van der Waals surface area contributed by atoms with Gasteiger partial charge in [0.2, 0.25) is 0 Å². The third kappa shape index (κ3) is 7.00. The second-order valence-electron chi connectivity index (χ2n) is 6.13. The van der Waals surface area contributed by atoms with Crippen LogP contribution in [0.15, 0.2) is 28.6 Å². The maximum atomic E-state index is 11.6. The minimum atomic E-state index is -0.379. The van der Waals surface area contributed by atoms with E-state index in [9.17, 15) is 4.79 Å². The van der Waals surface area contributed by atoms with Gasteiger partial charge in [0.05, 0.1) is 11.8 Å². The highest BCUT2D eigenvalue weighted by molar-refractivity contribution is 6.12. The van der Waals surface area contributed by atoms with Crippen molar-refractivity contribution in [3.05, 3.63) is 23.5 Å². The Morgan fingerprint density at radius 3 is 2.09 bits per heavy atom. The van der Waals surface area contributed by atoms with Gasteiger partial charge < -0.3 is 9.80 Å². The van der Waals surface area contributed by atoms with Crippen LogP contribution >= 0.6 is 0 Å². The van der Waals surface area contributed by atoms with Gasteiger partial charge in [-0.15, -0.1) is 0 Å². The molecule has 0 atom stereocenters. The van der Waals surface area contributed by atoms with Gasteiger partial charge >= 0.3 is 0 Å². The zero-order valence-corrected chi connectivity index (χ0v) is 14.6. The fraction of sp³-hybridized carbons (Fsp3) is 0.588. The molecule has 1 saturated carbocycles. The third-order valence-corrected chi connectivity index (χ3v) is 3.36. The highest BCUT2D eigenvalue weighted by Gasteiger charge is 2.17. The van der Waals surface area contributed by atoms with Gasteiger partial charge in [-0.2, -0.15) is 10.4 Å². The molecule has 0 heterocycles. The summed E-state index contributed by atoms with van der Waals surface area (Å²) < 4.78 is 0. The van der Waals surface area contributed by atoms with E-state index in [-0.39, 0.29) is 12.3 Å². The second kappa shape index (κ2) is 9.67. The lowest BCUT2D eigenvalue weighted by atomic mass is 9.91. The summed E-state index contributed by atoms with van der Waals surface area (Å²) in [6.07, 6.45) is 9.19. The molecule has 1 aliphatic carbocycles. The predicted octanol–water partition coefficient (Wildman–Crippen LogP) is 2.23. The number of carbonyl (C=O) groups excluding carboxylic acids is 1. The SMILES string of the molecule is CN(C)/C=C1\CCCCC/C(=C\N(C)C)C1=NNC(=O)CC#N. The van der Waals surface area contributed by atoms with E-state index < -0.39 is 0 Å². The molecule has 126 valence electrons. The van der Waals surface area contributed by atoms with E-state index in [1.165, 1.54) is 6.42 Å². The van der Waals surface area contributed by atoms with Crippen LogP contribution in [0.25, 0.3) is 0 Å². The molecule has 0 unspecified atom stereocenters. The molecular weight excluding hydrogens is 290 g/mol. The first-order valence-corrected chi connectivity index (χ1v) is 7.92. The summed E-state index contributed by atoms with van der Waals surface area (Å²) in [5, 5.41) is 13.0. The lowest BCUT2D eigenvalue weighted by molar-refractivity contribution is -0.120. The Labute approximate surface area is 139 Å². The molecular formula is C17H27N5O. The number of hydrogen-bond acceptors (Lipinski definition) is 5. The molecule has 6 heteroatoms. The number of carbonyl (C=O) groups is 1. The van der Waals surface area contributed by atoms with E-state index in [4.69, 9.17) is 5.26 Å². The molecule has 1 fully saturated rings. The van der Waals surface area contributed by atoms with Crippen LogP contribution in [0.2, 0.25) is 0 Å². The summed E-state index contributed by atoms with van der Waals surface area (Å²) in [6.45, 7) is 0. The third-order valence-electron chi connectivity index (χ3n) is 3.36. The van der Waals surface area contributed by atoms with Gasteiger partial charge in [0, 0.05) is 40.6 Å². The van der Waals surface area contributed by atoms with E-state index in [1.807, 2.05) is 44.1 Å². The van der Waals surface area contributed by atoms with Gasteiger partial charge in [0.1, 0.15) is 6.42 Å². The van der Waals surface area contributed by atoms with Gasteiger partial charge in [-0.3, -0.25) is 4.79 Å². The first kappa shape index (κ1) is 18.8. The second-order valence-corrected chi connectivity index (χ2v) is 6.13. The molecule has 1 N–H and O–H groups in total. The highest BCUT2D eigenvalue weighted by Crippen LogP contribution is 2.24. The molecule has 1 rings (SSSR count). The Morgan fingerprint density at radius 2 is 1.65 bits per heavy atom. The maximum Gasteiger partial charge on any atom is 0.254 e. The Morgan fingerprint density at radius 1 is 1.13 bits per heavy atom. The van der Waals surface area contributed by atoms with Crippen LogP contribution in [0.1, 0.15) is 38.5 Å². The minimum absolute atomic E-state index is 0.184. The lowest BCUT2D eigenvalue weighted by Crippen LogP contribution is -2.23. The summed E-state index contributed by atoms with van der Waals surface area (Å²) in [5.74, 6) is -0.379. The number of rotatable bonds is 4. The molecule has 1 aliphatic rings. The van der Waals surface area contributed by atoms with Crippen molar-refractivity contribution >= 4 is 11.6 Å². The van der Waals surface area contributed by atoms with Crippen LogP contribution in [0.4, 0.5) is 0 Å². The first-order valence-electron chi connectivity index (χ1n) is 7.92. The number of nitrogens with one attached hydrogen (secondary N) is 1. The van der Waals surface area contributed by atoms with E-state index in [2.05, 4.69) is 22.9 Å². The Bertz CT molecular complexity index is 508. The minimum Gasteiger partial charge on any atom is -0.383 e. The quantitative estimate of drug-likeness (QED) is 0.807. The molecule has 0 radical (unpaired) electrons. The van der Waals surface area contributed by atoms with Crippen molar-refractivity contribution in [3.8, 4) is 6.07 Å². The topological polar surface area (TPSA) is 71.7 Å². The Kier molecular flexibility index (Phi) is 7.89. The average Bonchev–Trinajstić information content (AvgIpc) is 2.43. The molecule has 1 amide bonds. The molecule has 6 nitrogen and oxygen atoms in total. The first-order chi connectivity index (χ1) is 10.9. The Hall–Kier alpha value is -2.29. The number of hydrazone groups is 1. The molecule has 0 saturated heterocycles. The van der Waals surface area contributed by atoms with Crippen molar-refractivity contribution in [1.29, 1.82) is 5.26 Å². The van der Waals surface area contributed by atoms with Crippen LogP contribution < -0.4 is 5.43 Å². The van der Waals surface area contributed by atoms with Crippen molar-refractivity contribution in [1.82, 2.24) is 15.2 Å². The normalized spacial score (nSPS) is 18.8. The summed E-state index contributed by atoms with van der Waals surface area (Å²) in [5.41, 5.74) is 5.56. The van der Waals surface area contributed by atoms with E-state index in [1.54, 1.807) is 0 Å². The average molecular weight is 317 g/mol. The van der Waals surface area contributed by atoms with E-state index >= 15 is 0 Å². The van der Waals surface area contributed by atoms with Crippen LogP contribution in [0, 0.1) is 11.3 Å². The molecule has 0 aromatic heterocycles. The van der Waals surface area contributed by atoms with Gasteiger partial charge in [-0.05, 0) is 36.8 Å². The number of hydrogen-bond donors (Lipinski definition) is 1. The summed E-state index contributed by atoms with van der Waals surface area (Å²) in [6, 6.07) is 1.84. The van der Waals surface area contributed by atoms with Crippen molar-refractivity contribution < 1.29 is 4.79 Å². The van der Waals surface area contributed by atoms with Crippen LogP contribution in [-0.4, -0.2) is 49.6 Å². The molecule has 23 heavy (non-hydrogen) atoms. The van der Waals surface area contributed by atoms with Gasteiger partial charge in [-0.25, -0.2) is 5.43 Å². The largest absolute Gasteiger partial charge is 0.383 e. The maximum absolute atomic E-state index is 11.6. The summed E-state index contributed by atoms with van der Waals surface area (Å²) in [4.78, 5) is 15.6. The van der Waals surface area contributed by atoms with Crippen LogP contribution in [-0.2, 0) is 4.79 Å². The fourth-order valence-corrected chi connectivity index (χ4v) is 2.50. The zero-order chi connectivity index (χ0) is 17.2. The standard InChI is InChI=1S/C17H27N5O/c1-21(2)12-14-8-6-5-7-9-15(13-22(3)4)17(14)20-19-16(23)10-11-18/h12-13H,5-10H2,1-4H3,(H,19,23)/b14-12+,15-13+. The van der Waals surface area contributed by atoms with Crippen molar-refractivity contribution in [3.63, 3.8) is 0 Å². The van der Waals surface area contributed by atoms with Gasteiger partial charge in [-0.1, -0.05) is 6.42 Å². The number of amides is 1. The fourth-order valence-electron chi connectivity index (χ4n) is 2.50. The monoisotopic (exact) mass is 317 g/mol. The summed E-state index contributed by atoms with van der Waals surface area (Å²) >= 11 is 0. The smallest absolute Gasteiger partial charge is 0.254 e. The van der Waals surface area contributed by atoms with Crippen molar-refractivity contribution in [2.45, 2.75) is 38.5 Å². The molecule has 0 aromatic carbocycles. The van der Waals surface area contributed by atoms with Gasteiger partial charge in [0.15, 0.2) is 0 Å². The lowest BCUT2D eigenvalue weighted by Gasteiger charge is -2.21.